The first kappa shape index (κ1) is 14.3. The van der Waals surface area contributed by atoms with E-state index >= 15 is 0 Å². The van der Waals surface area contributed by atoms with E-state index in [4.69, 9.17) is 11.6 Å². The number of hydrogen-bond donors (Lipinski definition) is 0. The van der Waals surface area contributed by atoms with Crippen molar-refractivity contribution in [2.45, 2.75) is 39.1 Å². The van der Waals surface area contributed by atoms with Crippen molar-refractivity contribution in [2.75, 3.05) is 0 Å². The fourth-order valence-corrected chi connectivity index (χ4v) is 2.77. The molecule has 0 saturated carbocycles. The van der Waals surface area contributed by atoms with Gasteiger partial charge in [-0.15, -0.1) is 11.6 Å². The largest absolute Gasteiger partial charge is 0.323 e. The Morgan fingerprint density at radius 2 is 2.00 bits per heavy atom. The quantitative estimate of drug-likeness (QED) is 0.748. The third kappa shape index (κ3) is 2.46. The highest BCUT2D eigenvalue weighted by Crippen LogP contribution is 2.30. The lowest BCUT2D eigenvalue weighted by Gasteiger charge is -2.23. The number of nitrogens with zero attached hydrogens (tertiary/aromatic N) is 2. The van der Waals surface area contributed by atoms with E-state index in [-0.39, 0.29) is 17.4 Å². The summed E-state index contributed by atoms with van der Waals surface area (Å²) in [5.41, 5.74) is 0.671. The number of aromatic nitrogens is 2. The van der Waals surface area contributed by atoms with Gasteiger partial charge >= 0.3 is 0 Å². The number of hydrogen-bond acceptors (Lipinski definition) is 1. The van der Waals surface area contributed by atoms with Gasteiger partial charge in [0.1, 0.15) is 17.2 Å². The van der Waals surface area contributed by atoms with Gasteiger partial charge in [-0.1, -0.05) is 20.8 Å². The predicted molar refractivity (Wildman–Crippen MR) is 73.4 cm³/mol. The van der Waals surface area contributed by atoms with Crippen LogP contribution in [0.1, 0.15) is 39.1 Å². The third-order valence-corrected chi connectivity index (χ3v) is 3.66. The minimum absolute atomic E-state index is 0.125. The van der Waals surface area contributed by atoms with E-state index < -0.39 is 11.6 Å². The monoisotopic (exact) mass is 286 g/mol. The number of benzene rings is 1. The highest BCUT2D eigenvalue weighted by molar-refractivity contribution is 6.16. The molecule has 0 aliphatic carbocycles. The average molecular weight is 287 g/mol. The topological polar surface area (TPSA) is 17.8 Å². The van der Waals surface area contributed by atoms with Crippen LogP contribution >= 0.6 is 11.6 Å². The van der Waals surface area contributed by atoms with E-state index in [1.807, 2.05) is 11.5 Å². The van der Waals surface area contributed by atoms with E-state index in [2.05, 4.69) is 18.8 Å². The molecule has 1 unspecified atom stereocenters. The smallest absolute Gasteiger partial charge is 0.153 e. The fraction of sp³-hybridized carbons (Fsp3) is 0.500. The van der Waals surface area contributed by atoms with Gasteiger partial charge in [0.25, 0.3) is 0 Å². The van der Waals surface area contributed by atoms with Crippen LogP contribution in [0.4, 0.5) is 8.78 Å². The molecule has 0 aliphatic heterocycles. The standard InChI is InChI=1S/C14H17ClF2N2/c1-4-11(8(2)3)19-12-6-9(16)5-10(17)14(12)18-13(19)7-15/h5-6,8,11H,4,7H2,1-3H3. The van der Waals surface area contributed by atoms with Gasteiger partial charge in [-0.25, -0.2) is 13.8 Å². The van der Waals surface area contributed by atoms with Crippen LogP contribution in [0.2, 0.25) is 0 Å². The Hall–Kier alpha value is -1.16. The highest BCUT2D eigenvalue weighted by Gasteiger charge is 2.22. The molecule has 2 nitrogen and oxygen atoms in total. The van der Waals surface area contributed by atoms with Crippen molar-refractivity contribution in [3.8, 4) is 0 Å². The molecule has 0 N–H and O–H groups in total. The van der Waals surface area contributed by atoms with Gasteiger partial charge in [0.2, 0.25) is 0 Å². The van der Waals surface area contributed by atoms with E-state index in [0.29, 0.717) is 17.3 Å². The molecule has 1 aromatic carbocycles. The number of halogens is 3. The molecule has 104 valence electrons. The molecule has 0 spiro atoms. The summed E-state index contributed by atoms with van der Waals surface area (Å²) < 4.78 is 29.1. The molecule has 0 aliphatic rings. The summed E-state index contributed by atoms with van der Waals surface area (Å²) in [6.45, 7) is 6.20. The average Bonchev–Trinajstić information content (AvgIpc) is 2.69. The minimum Gasteiger partial charge on any atom is -0.323 e. The zero-order valence-corrected chi connectivity index (χ0v) is 12.0. The Morgan fingerprint density at radius 3 is 2.53 bits per heavy atom. The molecule has 0 radical (unpaired) electrons. The van der Waals surface area contributed by atoms with Crippen molar-refractivity contribution in [2.24, 2.45) is 5.92 Å². The van der Waals surface area contributed by atoms with Crippen LogP contribution in [-0.2, 0) is 5.88 Å². The van der Waals surface area contributed by atoms with E-state index in [1.54, 1.807) is 0 Å². The van der Waals surface area contributed by atoms with E-state index in [9.17, 15) is 8.78 Å². The van der Waals surface area contributed by atoms with Crippen LogP contribution in [0.5, 0.6) is 0 Å². The molecule has 19 heavy (non-hydrogen) atoms. The molecule has 0 saturated heterocycles. The number of rotatable bonds is 4. The Kier molecular flexibility index (Phi) is 4.09. The maximum absolute atomic E-state index is 13.8. The molecule has 1 heterocycles. The lowest BCUT2D eigenvalue weighted by Crippen LogP contribution is -2.16. The van der Waals surface area contributed by atoms with Crippen LogP contribution in [0, 0.1) is 17.6 Å². The molecular weight excluding hydrogens is 270 g/mol. The molecule has 2 rings (SSSR count). The van der Waals surface area contributed by atoms with Gasteiger partial charge in [0.05, 0.1) is 11.4 Å². The van der Waals surface area contributed by atoms with Crippen LogP contribution < -0.4 is 0 Å². The van der Waals surface area contributed by atoms with Gasteiger partial charge in [-0.3, -0.25) is 0 Å². The summed E-state index contributed by atoms with van der Waals surface area (Å²) in [6.07, 6.45) is 0.852. The second-order valence-corrected chi connectivity index (χ2v) is 5.27. The Morgan fingerprint density at radius 1 is 1.32 bits per heavy atom. The van der Waals surface area contributed by atoms with Gasteiger partial charge in [0, 0.05) is 12.1 Å². The second-order valence-electron chi connectivity index (χ2n) is 5.01. The lowest BCUT2D eigenvalue weighted by atomic mass is 10.0. The zero-order valence-electron chi connectivity index (χ0n) is 11.3. The first-order chi connectivity index (χ1) is 8.99. The van der Waals surface area contributed by atoms with Crippen LogP contribution in [0.25, 0.3) is 11.0 Å². The molecule has 0 amide bonds. The highest BCUT2D eigenvalue weighted by atomic mass is 35.5. The number of imidazole rings is 1. The van der Waals surface area contributed by atoms with Gasteiger partial charge < -0.3 is 4.57 Å². The first-order valence-electron chi connectivity index (χ1n) is 6.41. The summed E-state index contributed by atoms with van der Waals surface area (Å²) in [4.78, 5) is 4.21. The zero-order chi connectivity index (χ0) is 14.2. The van der Waals surface area contributed by atoms with Crippen molar-refractivity contribution < 1.29 is 8.78 Å². The Labute approximate surface area is 116 Å². The summed E-state index contributed by atoms with van der Waals surface area (Å²) in [7, 11) is 0. The Bertz CT molecular complexity index is 593. The SMILES string of the molecule is CCC(C(C)C)n1c(CCl)nc2c(F)cc(F)cc21. The Balaban J connectivity index is 2.76. The van der Waals surface area contributed by atoms with Crippen molar-refractivity contribution >= 4 is 22.6 Å². The van der Waals surface area contributed by atoms with E-state index in [1.165, 1.54) is 6.07 Å². The summed E-state index contributed by atoms with van der Waals surface area (Å²) in [5, 5.41) is 0. The fourth-order valence-electron chi connectivity index (χ4n) is 2.59. The second kappa shape index (κ2) is 5.45. The van der Waals surface area contributed by atoms with Gasteiger partial charge in [-0.05, 0) is 18.4 Å². The minimum atomic E-state index is -0.640. The van der Waals surface area contributed by atoms with Crippen molar-refractivity contribution in [1.82, 2.24) is 9.55 Å². The molecule has 1 atom stereocenters. The number of alkyl halides is 1. The van der Waals surface area contributed by atoms with E-state index in [0.717, 1.165) is 12.5 Å². The molecule has 0 fully saturated rings. The summed E-state index contributed by atoms with van der Waals surface area (Å²) in [5.74, 6) is -0.138. The van der Waals surface area contributed by atoms with Crippen LogP contribution in [-0.4, -0.2) is 9.55 Å². The van der Waals surface area contributed by atoms with Crippen molar-refractivity contribution in [3.05, 3.63) is 29.6 Å². The molecule has 5 heteroatoms. The third-order valence-electron chi connectivity index (χ3n) is 3.43. The molecule has 1 aromatic heterocycles. The predicted octanol–water partition coefficient (Wildman–Crippen LogP) is 4.66. The molecular formula is C14H17ClF2N2. The van der Waals surface area contributed by atoms with Gasteiger partial charge in [-0.2, -0.15) is 0 Å². The summed E-state index contributed by atoms with van der Waals surface area (Å²) in [6, 6.07) is 2.31. The van der Waals surface area contributed by atoms with Crippen molar-refractivity contribution in [3.63, 3.8) is 0 Å². The maximum Gasteiger partial charge on any atom is 0.153 e. The van der Waals surface area contributed by atoms with Crippen LogP contribution in [0.15, 0.2) is 12.1 Å². The summed E-state index contributed by atoms with van der Waals surface area (Å²) >= 11 is 5.90. The molecule has 0 bridgehead atoms. The maximum atomic E-state index is 13.8. The first-order valence-corrected chi connectivity index (χ1v) is 6.94. The lowest BCUT2D eigenvalue weighted by molar-refractivity contribution is 0.367. The molecule has 2 aromatic rings. The van der Waals surface area contributed by atoms with Crippen LogP contribution in [0.3, 0.4) is 0 Å². The number of fused-ring (bicyclic) bond motifs is 1. The normalized spacial score (nSPS) is 13.4. The van der Waals surface area contributed by atoms with Crippen molar-refractivity contribution in [1.29, 1.82) is 0 Å². The van der Waals surface area contributed by atoms with Gasteiger partial charge in [0.15, 0.2) is 5.82 Å².